The number of amides is 1. The number of benzene rings is 1. The van der Waals surface area contributed by atoms with E-state index in [1.54, 1.807) is 6.20 Å². The Morgan fingerprint density at radius 1 is 1.25 bits per heavy atom. The van der Waals surface area contributed by atoms with Crippen LogP contribution in [0.2, 0.25) is 0 Å². The fourth-order valence-electron chi connectivity index (χ4n) is 4.17. The summed E-state index contributed by atoms with van der Waals surface area (Å²) in [5.74, 6) is -0.185. The predicted molar refractivity (Wildman–Crippen MR) is 130 cm³/mol. The lowest BCUT2D eigenvalue weighted by Gasteiger charge is -2.29. The Morgan fingerprint density at radius 2 is 2.09 bits per heavy atom. The molecule has 4 rings (SSSR count). The normalized spacial score (nSPS) is 18.0. The monoisotopic (exact) mass is 449 g/mol. The number of carbonyl (C=O) groups excluding carboxylic acids is 1. The molecule has 0 radical (unpaired) electrons. The molecule has 166 valence electrons. The molecular weight excluding hydrogens is 422 g/mol. The summed E-state index contributed by atoms with van der Waals surface area (Å²) in [6, 6.07) is 15.9. The second-order valence-electron chi connectivity index (χ2n) is 7.70. The van der Waals surface area contributed by atoms with Crippen LogP contribution in [-0.4, -0.2) is 34.3 Å². The molecule has 1 amide bonds. The van der Waals surface area contributed by atoms with E-state index >= 15 is 0 Å². The summed E-state index contributed by atoms with van der Waals surface area (Å²) in [5.41, 5.74) is 4.75. The summed E-state index contributed by atoms with van der Waals surface area (Å²) < 4.78 is 7.14. The van der Waals surface area contributed by atoms with Gasteiger partial charge in [-0.05, 0) is 74.1 Å². The highest BCUT2D eigenvalue weighted by Crippen LogP contribution is 2.42. The molecule has 1 fully saturated rings. The number of hydrogen-bond acceptors (Lipinski definition) is 4. The van der Waals surface area contributed by atoms with Gasteiger partial charge in [0.1, 0.15) is 12.6 Å². The SMILES string of the molecule is CCn1cccc1[C@H]1[C@H](c2ccccn2)NC(=S)N1c1ccc(NC(=O)COC)c(C)c1. The summed E-state index contributed by atoms with van der Waals surface area (Å²) in [4.78, 5) is 18.7. The van der Waals surface area contributed by atoms with E-state index in [1.807, 2.05) is 43.3 Å². The number of ether oxygens (including phenoxy) is 1. The van der Waals surface area contributed by atoms with E-state index < -0.39 is 0 Å². The third-order valence-corrected chi connectivity index (χ3v) is 5.96. The topological polar surface area (TPSA) is 71.4 Å². The quantitative estimate of drug-likeness (QED) is 0.532. The van der Waals surface area contributed by atoms with Gasteiger partial charge in [0.05, 0.1) is 11.7 Å². The number of hydrogen-bond donors (Lipinski definition) is 2. The van der Waals surface area contributed by atoms with E-state index in [4.69, 9.17) is 17.0 Å². The van der Waals surface area contributed by atoms with E-state index in [0.29, 0.717) is 5.11 Å². The van der Waals surface area contributed by atoms with E-state index in [9.17, 15) is 4.79 Å². The highest BCUT2D eigenvalue weighted by atomic mass is 32.1. The zero-order valence-electron chi connectivity index (χ0n) is 18.4. The van der Waals surface area contributed by atoms with Gasteiger partial charge in [-0.1, -0.05) is 6.07 Å². The van der Waals surface area contributed by atoms with Gasteiger partial charge in [-0.15, -0.1) is 0 Å². The van der Waals surface area contributed by atoms with Crippen molar-refractivity contribution in [2.75, 3.05) is 23.9 Å². The predicted octanol–water partition coefficient (Wildman–Crippen LogP) is 3.97. The molecular formula is C24H27N5O2S. The smallest absolute Gasteiger partial charge is 0.250 e. The van der Waals surface area contributed by atoms with Crippen molar-refractivity contribution in [3.63, 3.8) is 0 Å². The van der Waals surface area contributed by atoms with E-state index in [1.165, 1.54) is 7.11 Å². The maximum Gasteiger partial charge on any atom is 0.250 e. The third kappa shape index (κ3) is 4.24. The van der Waals surface area contributed by atoms with Crippen LogP contribution in [-0.2, 0) is 16.1 Å². The molecule has 8 heteroatoms. The Hall–Kier alpha value is -3.23. The van der Waals surface area contributed by atoms with E-state index in [2.05, 4.69) is 50.3 Å². The maximum atomic E-state index is 11.9. The van der Waals surface area contributed by atoms with Gasteiger partial charge in [0, 0.05) is 43.1 Å². The number of thiocarbonyl (C=S) groups is 1. The van der Waals surface area contributed by atoms with Gasteiger partial charge in [-0.25, -0.2) is 0 Å². The van der Waals surface area contributed by atoms with Crippen molar-refractivity contribution in [3.05, 3.63) is 77.9 Å². The molecule has 0 aliphatic carbocycles. The van der Waals surface area contributed by atoms with Gasteiger partial charge >= 0.3 is 0 Å². The fraction of sp³-hybridized carbons (Fsp3) is 0.292. The minimum atomic E-state index is -0.185. The zero-order valence-corrected chi connectivity index (χ0v) is 19.2. The van der Waals surface area contributed by atoms with Crippen LogP contribution in [0.1, 0.15) is 36.0 Å². The lowest BCUT2D eigenvalue weighted by Crippen LogP contribution is -2.30. The van der Waals surface area contributed by atoms with Gasteiger partial charge in [-0.3, -0.25) is 9.78 Å². The summed E-state index contributed by atoms with van der Waals surface area (Å²) in [7, 11) is 1.50. The molecule has 0 spiro atoms. The molecule has 3 aromatic rings. The van der Waals surface area contributed by atoms with E-state index in [0.717, 1.165) is 34.9 Å². The van der Waals surface area contributed by atoms with Crippen molar-refractivity contribution in [1.29, 1.82) is 0 Å². The molecule has 3 heterocycles. The molecule has 1 aliphatic heterocycles. The molecule has 0 unspecified atom stereocenters. The van der Waals surface area contributed by atoms with E-state index in [-0.39, 0.29) is 24.6 Å². The molecule has 2 aromatic heterocycles. The van der Waals surface area contributed by atoms with Crippen molar-refractivity contribution in [2.24, 2.45) is 0 Å². The molecule has 1 saturated heterocycles. The van der Waals surface area contributed by atoms with Crippen LogP contribution >= 0.6 is 12.2 Å². The first-order valence-corrected chi connectivity index (χ1v) is 11.0. The Bertz CT molecular complexity index is 1110. The van der Waals surface area contributed by atoms with Gasteiger partial charge in [0.25, 0.3) is 0 Å². The van der Waals surface area contributed by atoms with Crippen molar-refractivity contribution in [2.45, 2.75) is 32.5 Å². The van der Waals surface area contributed by atoms with Gasteiger partial charge < -0.3 is 24.8 Å². The van der Waals surface area contributed by atoms with Crippen LogP contribution in [0, 0.1) is 6.92 Å². The molecule has 0 saturated carbocycles. The van der Waals surface area contributed by atoms with Crippen LogP contribution in [0.25, 0.3) is 0 Å². The summed E-state index contributed by atoms with van der Waals surface area (Å²) >= 11 is 5.80. The van der Waals surface area contributed by atoms with Gasteiger partial charge in [0.15, 0.2) is 5.11 Å². The first-order valence-electron chi connectivity index (χ1n) is 10.6. The van der Waals surface area contributed by atoms with Crippen LogP contribution in [0.15, 0.2) is 60.9 Å². The fourth-order valence-corrected chi connectivity index (χ4v) is 4.52. The average Bonchev–Trinajstić information content (AvgIpc) is 3.39. The molecule has 1 aromatic carbocycles. The zero-order chi connectivity index (χ0) is 22.7. The summed E-state index contributed by atoms with van der Waals surface area (Å²) in [6.07, 6.45) is 3.89. The second kappa shape index (κ2) is 9.50. The largest absolute Gasteiger partial charge is 0.375 e. The number of carbonyl (C=O) groups is 1. The molecule has 2 N–H and O–H groups in total. The minimum absolute atomic E-state index is 0.0170. The third-order valence-electron chi connectivity index (χ3n) is 5.64. The lowest BCUT2D eigenvalue weighted by atomic mass is 10.0. The second-order valence-corrected chi connectivity index (χ2v) is 8.08. The number of nitrogens with zero attached hydrogens (tertiary/aromatic N) is 3. The maximum absolute atomic E-state index is 11.9. The van der Waals surface area contributed by atoms with Crippen LogP contribution in [0.4, 0.5) is 11.4 Å². The van der Waals surface area contributed by atoms with Crippen LogP contribution in [0.5, 0.6) is 0 Å². The Kier molecular flexibility index (Phi) is 6.53. The number of pyridine rings is 1. The van der Waals surface area contributed by atoms with Crippen molar-refractivity contribution >= 4 is 34.6 Å². The molecule has 2 atom stereocenters. The van der Waals surface area contributed by atoms with Crippen molar-refractivity contribution < 1.29 is 9.53 Å². The Labute approximate surface area is 193 Å². The number of aryl methyl sites for hydroxylation is 2. The van der Waals surface area contributed by atoms with Crippen molar-refractivity contribution in [1.82, 2.24) is 14.9 Å². The average molecular weight is 450 g/mol. The molecule has 7 nitrogen and oxygen atoms in total. The highest BCUT2D eigenvalue weighted by molar-refractivity contribution is 7.80. The van der Waals surface area contributed by atoms with Gasteiger partial charge in [0.2, 0.25) is 5.91 Å². The highest BCUT2D eigenvalue weighted by Gasteiger charge is 2.42. The first kappa shape index (κ1) is 22.0. The van der Waals surface area contributed by atoms with Crippen LogP contribution < -0.4 is 15.5 Å². The number of aromatic nitrogens is 2. The Morgan fingerprint density at radius 3 is 2.78 bits per heavy atom. The molecule has 32 heavy (non-hydrogen) atoms. The molecule has 0 bridgehead atoms. The summed E-state index contributed by atoms with van der Waals surface area (Å²) in [6.45, 7) is 4.98. The van der Waals surface area contributed by atoms with Crippen molar-refractivity contribution in [3.8, 4) is 0 Å². The minimum Gasteiger partial charge on any atom is -0.375 e. The Balaban J connectivity index is 1.74. The number of rotatable bonds is 7. The van der Waals surface area contributed by atoms with Crippen LogP contribution in [0.3, 0.4) is 0 Å². The lowest BCUT2D eigenvalue weighted by molar-refractivity contribution is -0.119. The number of anilines is 2. The number of nitrogens with one attached hydrogen (secondary N) is 2. The number of methoxy groups -OCH3 is 1. The standard InChI is InChI=1S/C24H27N5O2S/c1-4-28-13-7-9-20(28)23-22(19-8-5-6-12-25-19)27-24(32)29(23)17-10-11-18(16(2)14-17)26-21(30)15-31-3/h5-14,22-23H,4,15H2,1-3H3,(H,26,30)(H,27,32)/t22-,23-/m0/s1. The van der Waals surface area contributed by atoms with Gasteiger partial charge in [-0.2, -0.15) is 0 Å². The summed E-state index contributed by atoms with van der Waals surface area (Å²) in [5, 5.41) is 7.02. The first-order chi connectivity index (χ1) is 15.5. The molecule has 1 aliphatic rings.